The van der Waals surface area contributed by atoms with Crippen LogP contribution in [0.25, 0.3) is 32.8 Å². The summed E-state index contributed by atoms with van der Waals surface area (Å²) in [7, 11) is 1.83. The minimum absolute atomic E-state index is 0.0838. The zero-order valence-electron chi connectivity index (χ0n) is 16.4. The lowest BCUT2D eigenvalue weighted by atomic mass is 9.98. The van der Waals surface area contributed by atoms with Crippen LogP contribution in [-0.4, -0.2) is 27.2 Å². The van der Waals surface area contributed by atoms with Gasteiger partial charge >= 0.3 is 0 Å². The number of fused-ring (bicyclic) bond motifs is 2. The second-order valence-electron chi connectivity index (χ2n) is 7.73. The second kappa shape index (κ2) is 6.58. The van der Waals surface area contributed by atoms with Gasteiger partial charge in [0, 0.05) is 48.1 Å². The lowest BCUT2D eigenvalue weighted by Gasteiger charge is -2.14. The molecule has 0 amide bonds. The van der Waals surface area contributed by atoms with E-state index in [1.54, 1.807) is 10.9 Å². The number of ketones is 1. The first kappa shape index (κ1) is 17.7. The van der Waals surface area contributed by atoms with Gasteiger partial charge in [-0.1, -0.05) is 18.2 Å². The third-order valence-electron chi connectivity index (χ3n) is 5.56. The van der Waals surface area contributed by atoms with Gasteiger partial charge in [0.25, 0.3) is 5.56 Å². The Hall–Kier alpha value is -3.41. The largest absolute Gasteiger partial charge is 0.493 e. The van der Waals surface area contributed by atoms with Gasteiger partial charge in [0.1, 0.15) is 11.4 Å². The number of ether oxygens (including phenoxy) is 1. The number of rotatable bonds is 5. The number of carbonyl (C=O) groups is 1. The summed E-state index contributed by atoms with van der Waals surface area (Å²) < 4.78 is 7.92. The average Bonchev–Trinajstić information content (AvgIpc) is 3.49. The van der Waals surface area contributed by atoms with Crippen molar-refractivity contribution in [3.05, 3.63) is 58.6 Å². The number of carbonyl (C=O) groups excluding carboxylic acids is 1. The number of nitrogens with one attached hydrogen (secondary N) is 1. The van der Waals surface area contributed by atoms with Crippen LogP contribution in [0.3, 0.4) is 0 Å². The third kappa shape index (κ3) is 3.01. The van der Waals surface area contributed by atoms with Gasteiger partial charge in [-0.3, -0.25) is 14.3 Å². The number of H-pyrrole nitrogens is 1. The molecule has 1 fully saturated rings. The smallest absolute Gasteiger partial charge is 0.255 e. The van der Waals surface area contributed by atoms with Crippen LogP contribution in [0.4, 0.5) is 0 Å². The fraction of sp³-hybridized carbons (Fsp3) is 0.261. The molecule has 0 bridgehead atoms. The predicted molar refractivity (Wildman–Crippen MR) is 113 cm³/mol. The van der Waals surface area contributed by atoms with E-state index in [2.05, 4.69) is 10.1 Å². The Bertz CT molecular complexity index is 1330. The Morgan fingerprint density at radius 2 is 1.93 bits per heavy atom. The molecule has 6 heteroatoms. The molecule has 146 valence electrons. The monoisotopic (exact) mass is 387 g/mol. The summed E-state index contributed by atoms with van der Waals surface area (Å²) >= 11 is 0. The van der Waals surface area contributed by atoms with Crippen LogP contribution in [0.1, 0.15) is 30.3 Å². The molecule has 2 aromatic heterocycles. The van der Waals surface area contributed by atoms with Crippen molar-refractivity contribution >= 4 is 27.5 Å². The van der Waals surface area contributed by atoms with E-state index < -0.39 is 0 Å². The highest BCUT2D eigenvalue weighted by atomic mass is 16.5. The van der Waals surface area contributed by atoms with Crippen LogP contribution in [-0.2, 0) is 7.05 Å². The van der Waals surface area contributed by atoms with Crippen molar-refractivity contribution in [1.29, 1.82) is 0 Å². The second-order valence-corrected chi connectivity index (χ2v) is 7.73. The molecule has 6 nitrogen and oxygen atoms in total. The van der Waals surface area contributed by atoms with Gasteiger partial charge in [0.05, 0.1) is 12.1 Å². The maximum absolute atomic E-state index is 12.3. The summed E-state index contributed by atoms with van der Waals surface area (Å²) in [6.07, 6.45) is 4.11. The van der Waals surface area contributed by atoms with Crippen LogP contribution < -0.4 is 10.3 Å². The van der Waals surface area contributed by atoms with Crippen LogP contribution >= 0.6 is 0 Å². The minimum Gasteiger partial charge on any atom is -0.493 e. The molecule has 0 atom stereocenters. The molecule has 1 aliphatic rings. The first-order valence-corrected chi connectivity index (χ1v) is 9.78. The number of aromatic amines is 1. The molecule has 1 aliphatic carbocycles. The van der Waals surface area contributed by atoms with Gasteiger partial charge in [0.15, 0.2) is 5.78 Å². The Kier molecular flexibility index (Phi) is 4.01. The summed E-state index contributed by atoms with van der Waals surface area (Å²) in [5.74, 6) is 1.25. The molecular weight excluding hydrogens is 366 g/mol. The highest BCUT2D eigenvalue weighted by molar-refractivity contribution is 6.08. The van der Waals surface area contributed by atoms with Crippen LogP contribution in [0.5, 0.6) is 5.75 Å². The highest BCUT2D eigenvalue weighted by Gasteiger charge is 2.24. The van der Waals surface area contributed by atoms with E-state index in [4.69, 9.17) is 4.74 Å². The lowest BCUT2D eigenvalue weighted by molar-refractivity contribution is 0.101. The fourth-order valence-corrected chi connectivity index (χ4v) is 3.80. The molecule has 0 saturated heterocycles. The zero-order chi connectivity index (χ0) is 20.1. The van der Waals surface area contributed by atoms with Crippen LogP contribution in [0.15, 0.2) is 47.4 Å². The number of aromatic nitrogens is 3. The average molecular weight is 387 g/mol. The molecule has 2 aromatic carbocycles. The van der Waals surface area contributed by atoms with E-state index in [0.717, 1.165) is 33.2 Å². The van der Waals surface area contributed by atoms with Crippen molar-refractivity contribution in [2.45, 2.75) is 19.8 Å². The third-order valence-corrected chi connectivity index (χ3v) is 5.56. The topological polar surface area (TPSA) is 77.0 Å². The number of nitrogens with zero attached hydrogens (tertiary/aromatic N) is 2. The van der Waals surface area contributed by atoms with Gasteiger partial charge in [-0.2, -0.15) is 5.10 Å². The number of benzene rings is 2. The summed E-state index contributed by atoms with van der Waals surface area (Å²) in [6, 6.07) is 11.4. The molecule has 0 spiro atoms. The summed E-state index contributed by atoms with van der Waals surface area (Å²) in [4.78, 5) is 27.3. The van der Waals surface area contributed by atoms with E-state index in [1.807, 2.05) is 43.4 Å². The molecule has 1 N–H and O–H groups in total. The summed E-state index contributed by atoms with van der Waals surface area (Å²) in [6.45, 7) is 2.19. The molecular formula is C23H21N3O3. The van der Waals surface area contributed by atoms with Gasteiger partial charge in [-0.25, -0.2) is 0 Å². The Morgan fingerprint density at radius 3 is 2.66 bits per heavy atom. The van der Waals surface area contributed by atoms with Crippen molar-refractivity contribution in [2.24, 2.45) is 13.0 Å². The predicted octanol–water partition coefficient (Wildman–Crippen LogP) is 4.07. The number of Topliss-reactive ketones (excluding diaryl/α,β-unsaturated/α-hetero) is 1. The van der Waals surface area contributed by atoms with E-state index >= 15 is 0 Å². The molecule has 5 rings (SSSR count). The van der Waals surface area contributed by atoms with Crippen molar-refractivity contribution in [2.75, 3.05) is 6.61 Å². The molecule has 29 heavy (non-hydrogen) atoms. The number of hydrogen-bond acceptors (Lipinski definition) is 4. The summed E-state index contributed by atoms with van der Waals surface area (Å²) in [5, 5.41) is 6.65. The van der Waals surface area contributed by atoms with Crippen LogP contribution in [0, 0.1) is 5.92 Å². The minimum atomic E-state index is -0.128. The maximum Gasteiger partial charge on any atom is 0.255 e. The van der Waals surface area contributed by atoms with Gasteiger partial charge < -0.3 is 9.72 Å². The fourth-order valence-electron chi connectivity index (χ4n) is 3.80. The molecule has 4 aromatic rings. The lowest BCUT2D eigenvalue weighted by Crippen LogP contribution is -2.06. The Balaban J connectivity index is 1.80. The van der Waals surface area contributed by atoms with Gasteiger partial charge in [-0.05, 0) is 36.3 Å². The number of hydrogen-bond donors (Lipinski definition) is 1. The molecule has 0 aliphatic heterocycles. The van der Waals surface area contributed by atoms with Crippen molar-refractivity contribution in [3.8, 4) is 16.9 Å². The van der Waals surface area contributed by atoms with E-state index in [1.165, 1.54) is 19.8 Å². The standard InChI is InChI=1S/C23H21N3O3/c1-13(27)22-18-9-17(19-11-24-23(28)16-6-4-3-5-15(16)19)21(29-12-14-7-8-14)10-20(18)26(2)25-22/h3-6,9-11,14H,7-8,12H2,1-2H3,(H,24,28). The Morgan fingerprint density at radius 1 is 1.17 bits per heavy atom. The van der Waals surface area contributed by atoms with Gasteiger partial charge in [-0.15, -0.1) is 0 Å². The van der Waals surface area contributed by atoms with Crippen molar-refractivity contribution < 1.29 is 9.53 Å². The van der Waals surface area contributed by atoms with Crippen LogP contribution in [0.2, 0.25) is 0 Å². The number of aryl methyl sites for hydroxylation is 1. The SMILES string of the molecule is CC(=O)c1nn(C)c2cc(OCC3CC3)c(-c3c[nH]c(=O)c4ccccc34)cc12. The normalized spacial score (nSPS) is 13.9. The molecule has 1 saturated carbocycles. The first-order valence-electron chi connectivity index (χ1n) is 9.78. The Labute approximate surface area is 167 Å². The van der Waals surface area contributed by atoms with E-state index in [0.29, 0.717) is 23.6 Å². The van der Waals surface area contributed by atoms with Crippen molar-refractivity contribution in [1.82, 2.24) is 14.8 Å². The maximum atomic E-state index is 12.3. The van der Waals surface area contributed by atoms with E-state index in [-0.39, 0.29) is 11.3 Å². The van der Waals surface area contributed by atoms with Crippen molar-refractivity contribution in [3.63, 3.8) is 0 Å². The molecule has 0 radical (unpaired) electrons. The number of pyridine rings is 1. The molecule has 2 heterocycles. The highest BCUT2D eigenvalue weighted by Crippen LogP contribution is 2.39. The first-order chi connectivity index (χ1) is 14.0. The quantitative estimate of drug-likeness (QED) is 0.524. The zero-order valence-corrected chi connectivity index (χ0v) is 16.4. The van der Waals surface area contributed by atoms with E-state index in [9.17, 15) is 9.59 Å². The molecule has 0 unspecified atom stereocenters. The van der Waals surface area contributed by atoms with Gasteiger partial charge in [0.2, 0.25) is 0 Å². The summed E-state index contributed by atoms with van der Waals surface area (Å²) in [5.41, 5.74) is 2.87.